The Morgan fingerprint density at radius 3 is 2.71 bits per heavy atom. The molecule has 1 atom stereocenters. The number of anilines is 1. The molecule has 1 aromatic rings. The summed E-state index contributed by atoms with van der Waals surface area (Å²) in [5.41, 5.74) is 6.99. The summed E-state index contributed by atoms with van der Waals surface area (Å²) in [4.78, 5) is 12.0. The minimum absolute atomic E-state index is 0.134. The lowest BCUT2D eigenvalue weighted by atomic mass is 9.96. The van der Waals surface area contributed by atoms with E-state index in [1.165, 1.54) is 0 Å². The molecule has 3 nitrogen and oxygen atoms in total. The average molecular weight is 299 g/mol. The molecule has 17 heavy (non-hydrogen) atoms. The van der Waals surface area contributed by atoms with E-state index in [4.69, 9.17) is 5.73 Å². The van der Waals surface area contributed by atoms with E-state index in [2.05, 4.69) is 21.2 Å². The van der Waals surface area contributed by atoms with Gasteiger partial charge < -0.3 is 11.1 Å². The summed E-state index contributed by atoms with van der Waals surface area (Å²) in [5, 5.41) is 2.88. The molecule has 0 radical (unpaired) electrons. The van der Waals surface area contributed by atoms with Gasteiger partial charge >= 0.3 is 0 Å². The molecule has 1 amide bonds. The summed E-state index contributed by atoms with van der Waals surface area (Å²) in [5.74, 6) is -0.134. The first-order valence-electron chi connectivity index (χ1n) is 5.73. The van der Waals surface area contributed by atoms with Crippen LogP contribution in [0.25, 0.3) is 0 Å². The van der Waals surface area contributed by atoms with Crippen LogP contribution in [0.5, 0.6) is 0 Å². The van der Waals surface area contributed by atoms with Crippen LogP contribution in [0.15, 0.2) is 22.7 Å². The molecule has 0 fully saturated rings. The highest BCUT2D eigenvalue weighted by atomic mass is 79.9. The standard InChI is InChI=1S/C13H19BrN2O/c1-4-7-13(3,15)12(17)16-11-6-5-10(14)8-9(11)2/h5-6,8H,4,7,15H2,1-3H3,(H,16,17). The lowest BCUT2D eigenvalue weighted by Crippen LogP contribution is -2.48. The minimum atomic E-state index is -0.811. The molecule has 1 aromatic carbocycles. The number of carbonyl (C=O) groups excluding carboxylic acids is 1. The molecule has 4 heteroatoms. The first-order valence-corrected chi connectivity index (χ1v) is 6.52. The highest BCUT2D eigenvalue weighted by molar-refractivity contribution is 9.10. The molecule has 0 bridgehead atoms. The number of hydrogen-bond donors (Lipinski definition) is 2. The van der Waals surface area contributed by atoms with Crippen LogP contribution in [0.3, 0.4) is 0 Å². The van der Waals surface area contributed by atoms with E-state index in [1.807, 2.05) is 32.0 Å². The van der Waals surface area contributed by atoms with Crippen molar-refractivity contribution in [1.82, 2.24) is 0 Å². The van der Waals surface area contributed by atoms with Crippen molar-refractivity contribution in [3.8, 4) is 0 Å². The fraction of sp³-hybridized carbons (Fsp3) is 0.462. The van der Waals surface area contributed by atoms with E-state index >= 15 is 0 Å². The highest BCUT2D eigenvalue weighted by Crippen LogP contribution is 2.21. The van der Waals surface area contributed by atoms with E-state index in [9.17, 15) is 4.79 Å². The number of rotatable bonds is 4. The lowest BCUT2D eigenvalue weighted by molar-refractivity contribution is -0.120. The molecular formula is C13H19BrN2O. The van der Waals surface area contributed by atoms with Gasteiger partial charge in [0.2, 0.25) is 5.91 Å². The van der Waals surface area contributed by atoms with E-state index in [1.54, 1.807) is 6.92 Å². The number of aryl methyl sites for hydroxylation is 1. The van der Waals surface area contributed by atoms with Gasteiger partial charge in [0.15, 0.2) is 0 Å². The van der Waals surface area contributed by atoms with Crippen LogP contribution in [0, 0.1) is 6.92 Å². The number of carbonyl (C=O) groups is 1. The summed E-state index contributed by atoms with van der Waals surface area (Å²) in [6.07, 6.45) is 1.56. The van der Waals surface area contributed by atoms with Crippen molar-refractivity contribution in [2.75, 3.05) is 5.32 Å². The molecule has 0 heterocycles. The summed E-state index contributed by atoms with van der Waals surface area (Å²) in [6.45, 7) is 5.73. The zero-order chi connectivity index (χ0) is 13.1. The van der Waals surface area contributed by atoms with Crippen molar-refractivity contribution in [1.29, 1.82) is 0 Å². The van der Waals surface area contributed by atoms with Crippen molar-refractivity contribution in [2.24, 2.45) is 5.73 Å². The Balaban J connectivity index is 2.81. The van der Waals surface area contributed by atoms with Crippen LogP contribution in [-0.4, -0.2) is 11.4 Å². The molecule has 0 aliphatic rings. The van der Waals surface area contributed by atoms with Gasteiger partial charge in [-0.25, -0.2) is 0 Å². The Morgan fingerprint density at radius 2 is 2.18 bits per heavy atom. The van der Waals surface area contributed by atoms with Gasteiger partial charge in [-0.05, 0) is 44.0 Å². The first kappa shape index (κ1) is 14.2. The van der Waals surface area contributed by atoms with Crippen LogP contribution in [0.2, 0.25) is 0 Å². The SMILES string of the molecule is CCCC(C)(N)C(=O)Nc1ccc(Br)cc1C. The second-order valence-corrected chi connectivity index (χ2v) is 5.50. The second-order valence-electron chi connectivity index (χ2n) is 4.58. The van der Waals surface area contributed by atoms with E-state index in [-0.39, 0.29) is 5.91 Å². The van der Waals surface area contributed by atoms with Crippen LogP contribution < -0.4 is 11.1 Å². The predicted octanol–water partition coefficient (Wildman–Crippen LogP) is 3.21. The van der Waals surface area contributed by atoms with Crippen LogP contribution in [0.1, 0.15) is 32.3 Å². The van der Waals surface area contributed by atoms with Crippen molar-refractivity contribution in [2.45, 2.75) is 39.2 Å². The third-order valence-electron chi connectivity index (χ3n) is 2.72. The summed E-state index contributed by atoms with van der Waals surface area (Å²) < 4.78 is 0.997. The van der Waals surface area contributed by atoms with Gasteiger partial charge in [-0.3, -0.25) is 4.79 Å². The first-order chi connectivity index (χ1) is 7.86. The molecule has 3 N–H and O–H groups in total. The van der Waals surface area contributed by atoms with Gasteiger partial charge in [0, 0.05) is 10.2 Å². The van der Waals surface area contributed by atoms with Crippen LogP contribution in [-0.2, 0) is 4.79 Å². The van der Waals surface area contributed by atoms with Crippen LogP contribution in [0.4, 0.5) is 5.69 Å². The van der Waals surface area contributed by atoms with Crippen molar-refractivity contribution in [3.63, 3.8) is 0 Å². The number of halogens is 1. The number of benzene rings is 1. The van der Waals surface area contributed by atoms with Gasteiger partial charge in [-0.2, -0.15) is 0 Å². The molecule has 0 saturated heterocycles. The molecule has 1 unspecified atom stereocenters. The minimum Gasteiger partial charge on any atom is -0.324 e. The fourth-order valence-corrected chi connectivity index (χ4v) is 2.14. The molecule has 0 saturated carbocycles. The normalized spacial score (nSPS) is 14.2. The van der Waals surface area contributed by atoms with Crippen LogP contribution >= 0.6 is 15.9 Å². The average Bonchev–Trinajstić information content (AvgIpc) is 2.22. The maximum atomic E-state index is 12.0. The Kier molecular flexibility index (Phi) is 4.71. The van der Waals surface area contributed by atoms with Gasteiger partial charge in [0.05, 0.1) is 5.54 Å². The summed E-state index contributed by atoms with van der Waals surface area (Å²) in [7, 11) is 0. The Morgan fingerprint density at radius 1 is 1.53 bits per heavy atom. The predicted molar refractivity (Wildman–Crippen MR) is 75.0 cm³/mol. The largest absolute Gasteiger partial charge is 0.324 e. The van der Waals surface area contributed by atoms with Crippen molar-refractivity contribution >= 4 is 27.5 Å². The molecule has 0 aromatic heterocycles. The van der Waals surface area contributed by atoms with Gasteiger partial charge in [-0.15, -0.1) is 0 Å². The smallest absolute Gasteiger partial charge is 0.244 e. The lowest BCUT2D eigenvalue weighted by Gasteiger charge is -2.23. The van der Waals surface area contributed by atoms with Crippen molar-refractivity contribution < 1.29 is 4.79 Å². The third kappa shape index (κ3) is 3.82. The molecule has 94 valence electrons. The van der Waals surface area contributed by atoms with E-state index < -0.39 is 5.54 Å². The quantitative estimate of drug-likeness (QED) is 0.897. The maximum absolute atomic E-state index is 12.0. The Labute approximate surface area is 111 Å². The molecule has 0 aliphatic heterocycles. The molecule has 1 rings (SSSR count). The molecule has 0 spiro atoms. The highest BCUT2D eigenvalue weighted by Gasteiger charge is 2.27. The Hall–Kier alpha value is -0.870. The van der Waals surface area contributed by atoms with Crippen molar-refractivity contribution in [3.05, 3.63) is 28.2 Å². The fourth-order valence-electron chi connectivity index (χ4n) is 1.67. The number of hydrogen-bond acceptors (Lipinski definition) is 2. The van der Waals surface area contributed by atoms with Gasteiger partial charge in [0.25, 0.3) is 0 Å². The zero-order valence-corrected chi connectivity index (χ0v) is 12.1. The summed E-state index contributed by atoms with van der Waals surface area (Å²) in [6, 6.07) is 5.74. The Bertz CT molecular complexity index is 416. The van der Waals surface area contributed by atoms with E-state index in [0.717, 1.165) is 22.1 Å². The maximum Gasteiger partial charge on any atom is 0.244 e. The monoisotopic (exact) mass is 298 g/mol. The van der Waals surface area contributed by atoms with Gasteiger partial charge in [0.1, 0.15) is 0 Å². The van der Waals surface area contributed by atoms with Gasteiger partial charge in [-0.1, -0.05) is 29.3 Å². The summed E-state index contributed by atoms with van der Waals surface area (Å²) >= 11 is 3.39. The number of nitrogens with two attached hydrogens (primary N) is 1. The number of amides is 1. The molecule has 0 aliphatic carbocycles. The third-order valence-corrected chi connectivity index (χ3v) is 3.22. The number of nitrogens with one attached hydrogen (secondary N) is 1. The topological polar surface area (TPSA) is 55.1 Å². The zero-order valence-electron chi connectivity index (χ0n) is 10.5. The van der Waals surface area contributed by atoms with E-state index in [0.29, 0.717) is 6.42 Å². The second kappa shape index (κ2) is 5.65. The molecular weight excluding hydrogens is 280 g/mol.